The lowest BCUT2D eigenvalue weighted by molar-refractivity contribution is -0.146. The highest BCUT2D eigenvalue weighted by Crippen LogP contribution is 2.13. The maximum absolute atomic E-state index is 12.2. The average molecular weight is 291 g/mol. The molecule has 2 atom stereocenters. The van der Waals surface area contributed by atoms with Gasteiger partial charge in [0.25, 0.3) is 5.91 Å². The molecule has 0 aromatic heterocycles. The van der Waals surface area contributed by atoms with Gasteiger partial charge in [-0.1, -0.05) is 0 Å². The fraction of sp³-hybridized carbons (Fsp3) is 0.909. The van der Waals surface area contributed by atoms with Crippen LogP contribution in [0.4, 0.5) is 0 Å². The summed E-state index contributed by atoms with van der Waals surface area (Å²) < 4.78 is 30.5. The van der Waals surface area contributed by atoms with Gasteiger partial charge < -0.3 is 15.0 Å². The molecule has 0 saturated carbocycles. The molecule has 2 saturated heterocycles. The summed E-state index contributed by atoms with van der Waals surface area (Å²) in [4.78, 5) is 13.9. The van der Waals surface area contributed by atoms with Gasteiger partial charge in [0.2, 0.25) is 10.0 Å². The van der Waals surface area contributed by atoms with Gasteiger partial charge in [0, 0.05) is 32.2 Å². The Kier molecular flexibility index (Phi) is 4.77. The lowest BCUT2D eigenvalue weighted by Crippen LogP contribution is -2.55. The Morgan fingerprint density at radius 3 is 2.89 bits per heavy atom. The molecule has 7 nitrogen and oxygen atoms in total. The van der Waals surface area contributed by atoms with Crippen molar-refractivity contribution in [3.63, 3.8) is 0 Å². The molecule has 8 heteroatoms. The Morgan fingerprint density at radius 2 is 2.26 bits per heavy atom. The number of sulfonamides is 1. The fourth-order valence-electron chi connectivity index (χ4n) is 2.50. The zero-order valence-corrected chi connectivity index (χ0v) is 11.9. The number of nitrogens with zero attached hydrogens (tertiary/aromatic N) is 1. The summed E-state index contributed by atoms with van der Waals surface area (Å²) in [6.45, 7) is 2.92. The number of carbonyl (C=O) groups excluding carboxylic acids is 1. The number of hydrogen-bond donors (Lipinski definition) is 2. The lowest BCUT2D eigenvalue weighted by Gasteiger charge is -2.35. The van der Waals surface area contributed by atoms with E-state index < -0.39 is 16.1 Å². The van der Waals surface area contributed by atoms with Crippen LogP contribution >= 0.6 is 0 Å². The molecule has 0 aliphatic carbocycles. The minimum Gasteiger partial charge on any atom is -0.366 e. The van der Waals surface area contributed by atoms with E-state index in [-0.39, 0.29) is 11.9 Å². The highest BCUT2D eigenvalue weighted by molar-refractivity contribution is 7.88. The van der Waals surface area contributed by atoms with E-state index in [0.29, 0.717) is 26.2 Å². The predicted molar refractivity (Wildman–Crippen MR) is 70.2 cm³/mol. The van der Waals surface area contributed by atoms with Crippen LogP contribution in [-0.4, -0.2) is 70.4 Å². The van der Waals surface area contributed by atoms with Crippen molar-refractivity contribution >= 4 is 15.9 Å². The number of nitrogens with one attached hydrogen (secondary N) is 2. The van der Waals surface area contributed by atoms with Crippen molar-refractivity contribution in [3.8, 4) is 0 Å². The predicted octanol–water partition coefficient (Wildman–Crippen LogP) is -1.48. The second-order valence-corrected chi connectivity index (χ2v) is 6.86. The van der Waals surface area contributed by atoms with E-state index >= 15 is 0 Å². The van der Waals surface area contributed by atoms with Crippen LogP contribution in [-0.2, 0) is 19.6 Å². The third-order valence-electron chi connectivity index (χ3n) is 3.32. The number of hydrogen-bond acceptors (Lipinski definition) is 5. The molecule has 2 heterocycles. The lowest BCUT2D eigenvalue weighted by atomic mass is 10.1. The standard InChI is InChI=1S/C11H21N3O4S/c1-19(16,17)13-9-3-2-5-14(8-9)11(15)10-7-12-4-6-18-10/h9-10,12-13H,2-8H2,1H3. The number of morpholine rings is 1. The van der Waals surface area contributed by atoms with Gasteiger partial charge in [0.05, 0.1) is 12.9 Å². The van der Waals surface area contributed by atoms with Gasteiger partial charge in [-0.3, -0.25) is 4.79 Å². The van der Waals surface area contributed by atoms with Gasteiger partial charge in [-0.25, -0.2) is 13.1 Å². The molecule has 0 bridgehead atoms. The number of piperidine rings is 1. The molecular formula is C11H21N3O4S. The summed E-state index contributed by atoms with van der Waals surface area (Å²) >= 11 is 0. The van der Waals surface area contributed by atoms with E-state index in [1.165, 1.54) is 0 Å². The molecule has 0 radical (unpaired) electrons. The smallest absolute Gasteiger partial charge is 0.253 e. The van der Waals surface area contributed by atoms with Crippen molar-refractivity contribution in [1.29, 1.82) is 0 Å². The Hall–Kier alpha value is -0.700. The molecule has 1 amide bonds. The number of ether oxygens (including phenoxy) is 1. The second kappa shape index (κ2) is 6.17. The fourth-order valence-corrected chi connectivity index (χ4v) is 3.30. The molecule has 2 unspecified atom stereocenters. The van der Waals surface area contributed by atoms with Crippen LogP contribution in [0.15, 0.2) is 0 Å². The van der Waals surface area contributed by atoms with E-state index in [0.717, 1.165) is 25.6 Å². The third kappa shape index (κ3) is 4.41. The average Bonchev–Trinajstić information content (AvgIpc) is 2.37. The molecule has 19 heavy (non-hydrogen) atoms. The van der Waals surface area contributed by atoms with Crippen LogP contribution in [0.1, 0.15) is 12.8 Å². The summed E-state index contributed by atoms with van der Waals surface area (Å²) in [7, 11) is -3.23. The zero-order valence-electron chi connectivity index (χ0n) is 11.1. The summed E-state index contributed by atoms with van der Waals surface area (Å²) in [5.74, 6) is -0.0489. The zero-order chi connectivity index (χ0) is 13.9. The van der Waals surface area contributed by atoms with Gasteiger partial charge in [0.1, 0.15) is 6.10 Å². The molecular weight excluding hydrogens is 270 g/mol. The van der Waals surface area contributed by atoms with Crippen molar-refractivity contribution in [2.75, 3.05) is 39.0 Å². The molecule has 2 fully saturated rings. The monoisotopic (exact) mass is 291 g/mol. The number of rotatable bonds is 3. The molecule has 2 aliphatic rings. The van der Waals surface area contributed by atoms with Crippen LogP contribution in [0.2, 0.25) is 0 Å². The maximum atomic E-state index is 12.2. The van der Waals surface area contributed by atoms with Gasteiger partial charge in [0.15, 0.2) is 0 Å². The summed E-state index contributed by atoms with van der Waals surface area (Å²) in [6.07, 6.45) is 2.27. The van der Waals surface area contributed by atoms with Crippen molar-refractivity contribution in [2.45, 2.75) is 25.0 Å². The minimum atomic E-state index is -3.23. The first kappa shape index (κ1) is 14.7. The SMILES string of the molecule is CS(=O)(=O)NC1CCCN(C(=O)C2CNCCO2)C1. The molecule has 2 N–H and O–H groups in total. The van der Waals surface area contributed by atoms with Gasteiger partial charge in [-0.2, -0.15) is 0 Å². The van der Waals surface area contributed by atoms with Crippen molar-refractivity contribution in [2.24, 2.45) is 0 Å². The first-order chi connectivity index (χ1) is 8.96. The van der Waals surface area contributed by atoms with Crippen molar-refractivity contribution in [3.05, 3.63) is 0 Å². The Morgan fingerprint density at radius 1 is 1.47 bits per heavy atom. The Bertz CT molecular complexity index is 420. The summed E-state index contributed by atoms with van der Waals surface area (Å²) in [5, 5.41) is 3.12. The molecule has 0 spiro atoms. The Balaban J connectivity index is 1.91. The maximum Gasteiger partial charge on any atom is 0.253 e. The van der Waals surface area contributed by atoms with Gasteiger partial charge in [-0.05, 0) is 12.8 Å². The van der Waals surface area contributed by atoms with E-state index in [4.69, 9.17) is 4.74 Å². The van der Waals surface area contributed by atoms with E-state index in [1.807, 2.05) is 0 Å². The van der Waals surface area contributed by atoms with E-state index in [1.54, 1.807) is 4.90 Å². The normalized spacial score (nSPS) is 29.2. The second-order valence-electron chi connectivity index (χ2n) is 5.08. The van der Waals surface area contributed by atoms with Crippen molar-refractivity contribution in [1.82, 2.24) is 14.9 Å². The molecule has 110 valence electrons. The van der Waals surface area contributed by atoms with Gasteiger partial charge in [-0.15, -0.1) is 0 Å². The summed E-state index contributed by atoms with van der Waals surface area (Å²) in [6, 6.07) is -0.191. The quantitative estimate of drug-likeness (QED) is 0.662. The largest absolute Gasteiger partial charge is 0.366 e. The van der Waals surface area contributed by atoms with Crippen LogP contribution in [0.3, 0.4) is 0 Å². The van der Waals surface area contributed by atoms with E-state index in [2.05, 4.69) is 10.0 Å². The minimum absolute atomic E-state index is 0.0489. The third-order valence-corrected chi connectivity index (χ3v) is 4.08. The highest BCUT2D eigenvalue weighted by atomic mass is 32.2. The highest BCUT2D eigenvalue weighted by Gasteiger charge is 2.31. The van der Waals surface area contributed by atoms with Crippen LogP contribution in [0.25, 0.3) is 0 Å². The van der Waals surface area contributed by atoms with Crippen LogP contribution in [0, 0.1) is 0 Å². The Labute approximate surface area is 113 Å². The van der Waals surface area contributed by atoms with Crippen LogP contribution < -0.4 is 10.0 Å². The molecule has 2 rings (SSSR count). The number of amides is 1. The van der Waals surface area contributed by atoms with Gasteiger partial charge >= 0.3 is 0 Å². The molecule has 0 aromatic carbocycles. The molecule has 0 aromatic rings. The summed E-state index contributed by atoms with van der Waals surface area (Å²) in [5.41, 5.74) is 0. The topological polar surface area (TPSA) is 87.7 Å². The van der Waals surface area contributed by atoms with Crippen molar-refractivity contribution < 1.29 is 17.9 Å². The first-order valence-corrected chi connectivity index (χ1v) is 8.43. The van der Waals surface area contributed by atoms with E-state index in [9.17, 15) is 13.2 Å². The molecule has 2 aliphatic heterocycles. The van der Waals surface area contributed by atoms with Crippen LogP contribution in [0.5, 0.6) is 0 Å². The number of likely N-dealkylation sites (tertiary alicyclic amines) is 1. The number of carbonyl (C=O) groups is 1. The first-order valence-electron chi connectivity index (χ1n) is 6.54.